The van der Waals surface area contributed by atoms with Gasteiger partial charge in [-0.2, -0.15) is 0 Å². The van der Waals surface area contributed by atoms with E-state index in [0.717, 1.165) is 22.7 Å². The summed E-state index contributed by atoms with van der Waals surface area (Å²) in [7, 11) is 0. The smallest absolute Gasteiger partial charge is 0.209 e. The summed E-state index contributed by atoms with van der Waals surface area (Å²) in [5, 5.41) is 9.10. The van der Waals surface area contributed by atoms with E-state index in [1.807, 2.05) is 23.1 Å². The van der Waals surface area contributed by atoms with Gasteiger partial charge < -0.3 is 5.32 Å². The lowest BCUT2D eigenvalue weighted by Crippen LogP contribution is -2.47. The molecule has 1 N–H and O–H groups in total. The number of benzene rings is 5. The minimum absolute atomic E-state index is 0.356. The lowest BCUT2D eigenvalue weighted by molar-refractivity contribution is 0.741. The minimum Gasteiger partial charge on any atom is -0.337 e. The van der Waals surface area contributed by atoms with Crippen LogP contribution < -0.4 is 5.32 Å². The zero-order valence-corrected chi connectivity index (χ0v) is 23.3. The van der Waals surface area contributed by atoms with Crippen molar-refractivity contribution in [3.05, 3.63) is 126 Å². The van der Waals surface area contributed by atoms with Gasteiger partial charge in [0.25, 0.3) is 0 Å². The Morgan fingerprint density at radius 1 is 0.700 bits per heavy atom. The van der Waals surface area contributed by atoms with E-state index >= 15 is 0 Å². The van der Waals surface area contributed by atoms with E-state index in [9.17, 15) is 0 Å². The molecular weight excluding hydrogens is 527 g/mol. The van der Waals surface area contributed by atoms with E-state index in [1.54, 1.807) is 0 Å². The second-order valence-electron chi connectivity index (χ2n) is 10.6. The number of thioether (sulfide) groups is 1. The van der Waals surface area contributed by atoms with Crippen molar-refractivity contribution >= 4 is 82.3 Å². The summed E-state index contributed by atoms with van der Waals surface area (Å²) in [6.45, 7) is 2.29. The third-order valence-corrected chi connectivity index (χ3v) is 10.7. The molecule has 40 heavy (non-hydrogen) atoms. The summed E-state index contributed by atoms with van der Waals surface area (Å²) in [6, 6.07) is 41.4. The summed E-state index contributed by atoms with van der Waals surface area (Å²) in [6.07, 6.45) is 0. The van der Waals surface area contributed by atoms with Gasteiger partial charge in [-0.25, -0.2) is 4.99 Å². The molecule has 5 heteroatoms. The Kier molecular flexibility index (Phi) is 4.56. The Hall–Kier alpha value is -4.32. The molecule has 0 saturated carbocycles. The average molecular weight is 550 g/mol. The topological polar surface area (TPSA) is 29.3 Å². The van der Waals surface area contributed by atoms with Gasteiger partial charge >= 0.3 is 0 Å². The van der Waals surface area contributed by atoms with Crippen molar-refractivity contribution in [3.8, 4) is 0 Å². The lowest BCUT2D eigenvalue weighted by Gasteiger charge is -2.34. The first-order valence-electron chi connectivity index (χ1n) is 13.5. The number of rotatable bonds is 1. The molecule has 5 aromatic carbocycles. The zero-order valence-electron chi connectivity index (χ0n) is 21.7. The van der Waals surface area contributed by atoms with Crippen LogP contribution in [0.2, 0.25) is 0 Å². The number of aromatic nitrogens is 1. The first-order valence-corrected chi connectivity index (χ1v) is 15.1. The van der Waals surface area contributed by atoms with Crippen LogP contribution in [-0.4, -0.2) is 15.4 Å². The van der Waals surface area contributed by atoms with Gasteiger partial charge in [-0.3, -0.25) is 4.57 Å². The molecule has 2 aliphatic heterocycles. The molecule has 0 amide bonds. The standard InChI is InChI=1S/C35H23N3S2/c1-35-31(25-15-7-10-18-29(25)40-35)32(21-11-3-2-4-12-21)36-34(37-35)38-26-16-8-5-14-24(26)30-27(38)20-19-23-22-13-6-9-17-28(22)39-33(23)30/h2-20H,1H3,(H,36,37). The molecule has 1 unspecified atom stereocenters. The van der Waals surface area contributed by atoms with Gasteiger partial charge in [0.2, 0.25) is 5.96 Å². The van der Waals surface area contributed by atoms with Crippen LogP contribution in [-0.2, 0) is 0 Å². The molecule has 0 radical (unpaired) electrons. The quantitative estimate of drug-likeness (QED) is 0.221. The molecular formula is C35H23N3S2. The summed E-state index contributed by atoms with van der Waals surface area (Å²) < 4.78 is 4.99. The van der Waals surface area contributed by atoms with Gasteiger partial charge in [0.05, 0.1) is 16.7 Å². The summed E-state index contributed by atoms with van der Waals surface area (Å²) in [5.74, 6) is 0.858. The van der Waals surface area contributed by atoms with Crippen LogP contribution in [0.15, 0.2) is 125 Å². The van der Waals surface area contributed by atoms with Crippen LogP contribution in [0.1, 0.15) is 18.1 Å². The Morgan fingerprint density at radius 2 is 1.45 bits per heavy atom. The molecule has 7 aromatic rings. The molecule has 4 heterocycles. The van der Waals surface area contributed by atoms with Crippen molar-refractivity contribution in [2.75, 3.05) is 0 Å². The van der Waals surface area contributed by atoms with Gasteiger partial charge in [-0.05, 0) is 36.8 Å². The van der Waals surface area contributed by atoms with E-state index in [-0.39, 0.29) is 4.87 Å². The minimum atomic E-state index is -0.356. The second-order valence-corrected chi connectivity index (χ2v) is 13.1. The van der Waals surface area contributed by atoms with Gasteiger partial charge in [0, 0.05) is 47.0 Å². The van der Waals surface area contributed by atoms with E-state index in [2.05, 4.69) is 132 Å². The van der Waals surface area contributed by atoms with Crippen molar-refractivity contribution in [1.29, 1.82) is 0 Å². The van der Waals surface area contributed by atoms with E-state index in [4.69, 9.17) is 4.99 Å². The first kappa shape index (κ1) is 22.5. The van der Waals surface area contributed by atoms with Crippen LogP contribution in [0.3, 0.4) is 0 Å². The normalized spacial score (nSPS) is 18.4. The Labute approximate surface area is 239 Å². The molecule has 2 aromatic heterocycles. The second kappa shape index (κ2) is 8.10. The van der Waals surface area contributed by atoms with Gasteiger partial charge in [0.1, 0.15) is 4.87 Å². The van der Waals surface area contributed by atoms with Crippen LogP contribution in [0, 0.1) is 0 Å². The lowest BCUT2D eigenvalue weighted by atomic mass is 9.93. The number of fused-ring (bicyclic) bond motifs is 10. The van der Waals surface area contributed by atoms with Gasteiger partial charge in [-0.15, -0.1) is 11.3 Å². The Morgan fingerprint density at radius 3 is 2.35 bits per heavy atom. The van der Waals surface area contributed by atoms with Crippen LogP contribution >= 0.6 is 23.1 Å². The summed E-state index contributed by atoms with van der Waals surface area (Å²) in [4.78, 5) is 6.37. The van der Waals surface area contributed by atoms with Crippen LogP contribution in [0.4, 0.5) is 0 Å². The largest absolute Gasteiger partial charge is 0.337 e. The number of nitrogens with one attached hydrogen (secondary N) is 1. The fraction of sp³-hybridized carbons (Fsp3) is 0.0571. The molecule has 2 aliphatic rings. The van der Waals surface area contributed by atoms with E-state index < -0.39 is 0 Å². The maximum Gasteiger partial charge on any atom is 0.209 e. The number of thiophene rings is 1. The molecule has 0 bridgehead atoms. The monoisotopic (exact) mass is 549 g/mol. The van der Waals surface area contributed by atoms with Crippen molar-refractivity contribution in [3.63, 3.8) is 0 Å². The highest BCUT2D eigenvalue weighted by Crippen LogP contribution is 2.55. The maximum absolute atomic E-state index is 5.44. The molecule has 190 valence electrons. The molecule has 3 nitrogen and oxygen atoms in total. The zero-order chi connectivity index (χ0) is 26.4. The van der Waals surface area contributed by atoms with Crippen molar-refractivity contribution < 1.29 is 0 Å². The van der Waals surface area contributed by atoms with Gasteiger partial charge in [-0.1, -0.05) is 103 Å². The van der Waals surface area contributed by atoms with E-state index in [0.29, 0.717) is 0 Å². The number of hydrogen-bond acceptors (Lipinski definition) is 4. The average Bonchev–Trinajstić information content (AvgIpc) is 3.63. The van der Waals surface area contributed by atoms with Gasteiger partial charge in [0.15, 0.2) is 0 Å². The number of nitrogens with zero attached hydrogens (tertiary/aromatic N) is 2. The molecule has 0 spiro atoms. The predicted octanol–water partition coefficient (Wildman–Crippen LogP) is 9.36. The molecule has 0 fully saturated rings. The van der Waals surface area contributed by atoms with Crippen LogP contribution in [0.5, 0.6) is 0 Å². The first-order chi connectivity index (χ1) is 19.7. The SMILES string of the molecule is CC12NC(n3c4ccccc4c4c5sc6ccccc6c5ccc43)=NC(c3ccccc3)=C1c1ccccc1S2. The van der Waals surface area contributed by atoms with Crippen molar-refractivity contribution in [2.45, 2.75) is 16.7 Å². The predicted molar refractivity (Wildman–Crippen MR) is 172 cm³/mol. The molecule has 9 rings (SSSR count). The summed E-state index contributed by atoms with van der Waals surface area (Å²) in [5.41, 5.74) is 7.00. The van der Waals surface area contributed by atoms with Crippen molar-refractivity contribution in [1.82, 2.24) is 9.88 Å². The highest BCUT2D eigenvalue weighted by molar-refractivity contribution is 8.01. The highest BCUT2D eigenvalue weighted by atomic mass is 32.2. The summed E-state index contributed by atoms with van der Waals surface area (Å²) >= 11 is 3.76. The fourth-order valence-electron chi connectivity index (χ4n) is 6.51. The number of para-hydroxylation sites is 1. The Bertz CT molecular complexity index is 2240. The van der Waals surface area contributed by atoms with E-state index in [1.165, 1.54) is 52.5 Å². The van der Waals surface area contributed by atoms with Crippen LogP contribution in [0.25, 0.3) is 53.2 Å². The molecule has 0 saturated heterocycles. The third kappa shape index (κ3) is 2.99. The Balaban J connectivity index is 1.38. The number of aliphatic imine (C=N–C) groups is 1. The molecule has 0 aliphatic carbocycles. The fourth-order valence-corrected chi connectivity index (χ4v) is 9.09. The molecule has 1 atom stereocenters. The number of hydrogen-bond donors (Lipinski definition) is 1. The third-order valence-electron chi connectivity index (χ3n) is 8.19. The maximum atomic E-state index is 5.44. The van der Waals surface area contributed by atoms with Crippen molar-refractivity contribution in [2.24, 2.45) is 4.99 Å². The highest BCUT2D eigenvalue weighted by Gasteiger charge is 2.44.